The summed E-state index contributed by atoms with van der Waals surface area (Å²) >= 11 is 6.11. The molecule has 100 valence electrons. The fourth-order valence-corrected chi connectivity index (χ4v) is 2.73. The SMILES string of the molecule is CC1(O)CCCN(c2cccc(Cl)c2CO)CC1. The second-order valence-corrected chi connectivity index (χ2v) is 5.64. The molecule has 1 saturated heterocycles. The number of rotatable bonds is 2. The third-order valence-corrected chi connectivity index (χ3v) is 4.01. The summed E-state index contributed by atoms with van der Waals surface area (Å²) in [6.07, 6.45) is 2.51. The lowest BCUT2D eigenvalue weighted by molar-refractivity contribution is 0.0481. The molecule has 1 aliphatic rings. The summed E-state index contributed by atoms with van der Waals surface area (Å²) in [7, 11) is 0. The highest BCUT2D eigenvalue weighted by atomic mass is 35.5. The van der Waals surface area contributed by atoms with Gasteiger partial charge in [-0.3, -0.25) is 0 Å². The minimum absolute atomic E-state index is 0.0537. The van der Waals surface area contributed by atoms with E-state index in [-0.39, 0.29) is 6.61 Å². The van der Waals surface area contributed by atoms with E-state index >= 15 is 0 Å². The Labute approximate surface area is 113 Å². The third-order valence-electron chi connectivity index (χ3n) is 3.66. The summed E-state index contributed by atoms with van der Waals surface area (Å²) in [5.41, 5.74) is 1.19. The van der Waals surface area contributed by atoms with E-state index in [1.54, 1.807) is 6.07 Å². The standard InChI is InChI=1S/C14H20ClNO2/c1-14(18)6-3-8-16(9-7-14)13-5-2-4-12(15)11(13)10-17/h2,4-5,17-18H,3,6-10H2,1H3. The van der Waals surface area contributed by atoms with Crippen LogP contribution in [0.25, 0.3) is 0 Å². The quantitative estimate of drug-likeness (QED) is 0.867. The Kier molecular flexibility index (Phi) is 4.15. The molecule has 0 aliphatic carbocycles. The smallest absolute Gasteiger partial charge is 0.0716 e. The zero-order valence-corrected chi connectivity index (χ0v) is 11.5. The topological polar surface area (TPSA) is 43.7 Å². The molecule has 3 nitrogen and oxygen atoms in total. The molecule has 1 aromatic rings. The van der Waals surface area contributed by atoms with Gasteiger partial charge in [-0.15, -0.1) is 0 Å². The van der Waals surface area contributed by atoms with Crippen LogP contribution in [0.2, 0.25) is 5.02 Å². The molecule has 0 aromatic heterocycles. The molecule has 1 fully saturated rings. The summed E-state index contributed by atoms with van der Waals surface area (Å²) in [4.78, 5) is 2.21. The van der Waals surface area contributed by atoms with Crippen molar-refractivity contribution < 1.29 is 10.2 Å². The maximum atomic E-state index is 10.1. The van der Waals surface area contributed by atoms with E-state index in [0.717, 1.165) is 43.6 Å². The molecule has 1 unspecified atom stereocenters. The average Bonchev–Trinajstić information content (AvgIpc) is 2.50. The molecule has 2 rings (SSSR count). The molecule has 0 amide bonds. The Bertz CT molecular complexity index is 420. The van der Waals surface area contributed by atoms with Gasteiger partial charge in [-0.2, -0.15) is 0 Å². The van der Waals surface area contributed by atoms with Crippen molar-refractivity contribution in [3.8, 4) is 0 Å². The van der Waals surface area contributed by atoms with Crippen molar-refractivity contribution in [3.63, 3.8) is 0 Å². The Morgan fingerprint density at radius 2 is 2.11 bits per heavy atom. The molecule has 1 atom stereocenters. The van der Waals surface area contributed by atoms with Gasteiger partial charge < -0.3 is 15.1 Å². The number of aliphatic hydroxyl groups excluding tert-OH is 1. The van der Waals surface area contributed by atoms with Gasteiger partial charge in [0.2, 0.25) is 0 Å². The first kappa shape index (κ1) is 13.7. The van der Waals surface area contributed by atoms with E-state index in [2.05, 4.69) is 4.90 Å². The van der Waals surface area contributed by atoms with Crippen molar-refractivity contribution in [1.82, 2.24) is 0 Å². The third kappa shape index (κ3) is 2.97. The second kappa shape index (κ2) is 5.47. The fourth-order valence-electron chi connectivity index (χ4n) is 2.50. The zero-order chi connectivity index (χ0) is 13.2. The van der Waals surface area contributed by atoms with Gasteiger partial charge in [0.05, 0.1) is 12.2 Å². The van der Waals surface area contributed by atoms with Gasteiger partial charge in [-0.25, -0.2) is 0 Å². The average molecular weight is 270 g/mol. The lowest BCUT2D eigenvalue weighted by Gasteiger charge is -2.26. The summed E-state index contributed by atoms with van der Waals surface area (Å²) in [6, 6.07) is 5.68. The number of hydrogen-bond donors (Lipinski definition) is 2. The molecular formula is C14H20ClNO2. The Morgan fingerprint density at radius 3 is 2.83 bits per heavy atom. The number of benzene rings is 1. The van der Waals surface area contributed by atoms with Gasteiger partial charge in [0, 0.05) is 29.4 Å². The maximum absolute atomic E-state index is 10.1. The Balaban J connectivity index is 2.24. The minimum Gasteiger partial charge on any atom is -0.392 e. The molecule has 0 saturated carbocycles. The highest BCUT2D eigenvalue weighted by Gasteiger charge is 2.26. The van der Waals surface area contributed by atoms with Crippen LogP contribution in [0.3, 0.4) is 0 Å². The van der Waals surface area contributed by atoms with Crippen molar-refractivity contribution in [3.05, 3.63) is 28.8 Å². The van der Waals surface area contributed by atoms with Crippen LogP contribution in [0.15, 0.2) is 18.2 Å². The van der Waals surface area contributed by atoms with Crippen LogP contribution in [0.5, 0.6) is 0 Å². The molecule has 1 aromatic carbocycles. The van der Waals surface area contributed by atoms with Crippen LogP contribution >= 0.6 is 11.6 Å². The number of anilines is 1. The molecule has 1 heterocycles. The van der Waals surface area contributed by atoms with Crippen LogP contribution in [-0.4, -0.2) is 28.9 Å². The molecule has 18 heavy (non-hydrogen) atoms. The number of halogens is 1. The van der Waals surface area contributed by atoms with Gasteiger partial charge in [0.15, 0.2) is 0 Å². The van der Waals surface area contributed by atoms with E-state index in [0.29, 0.717) is 5.02 Å². The van der Waals surface area contributed by atoms with E-state index in [1.165, 1.54) is 0 Å². The molecule has 0 spiro atoms. The van der Waals surface area contributed by atoms with Gasteiger partial charge in [-0.1, -0.05) is 17.7 Å². The summed E-state index contributed by atoms with van der Waals surface area (Å²) in [5.74, 6) is 0. The molecule has 0 radical (unpaired) electrons. The summed E-state index contributed by atoms with van der Waals surface area (Å²) in [6.45, 7) is 3.52. The first-order valence-electron chi connectivity index (χ1n) is 6.39. The minimum atomic E-state index is -0.577. The number of nitrogens with zero attached hydrogens (tertiary/aromatic N) is 1. The Hall–Kier alpha value is -0.770. The first-order chi connectivity index (χ1) is 8.53. The molecule has 2 N–H and O–H groups in total. The lowest BCUT2D eigenvalue weighted by atomic mass is 9.98. The monoisotopic (exact) mass is 269 g/mol. The molecule has 4 heteroatoms. The maximum Gasteiger partial charge on any atom is 0.0716 e. The van der Waals surface area contributed by atoms with Gasteiger partial charge in [-0.05, 0) is 38.3 Å². The van der Waals surface area contributed by atoms with Crippen molar-refractivity contribution >= 4 is 17.3 Å². The normalized spacial score (nSPS) is 25.0. The van der Waals surface area contributed by atoms with E-state index in [4.69, 9.17) is 11.6 Å². The van der Waals surface area contributed by atoms with Gasteiger partial charge in [0.1, 0.15) is 0 Å². The van der Waals surface area contributed by atoms with Gasteiger partial charge >= 0.3 is 0 Å². The van der Waals surface area contributed by atoms with Crippen molar-refractivity contribution in [1.29, 1.82) is 0 Å². The number of hydrogen-bond acceptors (Lipinski definition) is 3. The Morgan fingerprint density at radius 1 is 1.33 bits per heavy atom. The zero-order valence-electron chi connectivity index (χ0n) is 10.7. The van der Waals surface area contributed by atoms with E-state index in [1.807, 2.05) is 19.1 Å². The molecule has 1 aliphatic heterocycles. The highest BCUT2D eigenvalue weighted by Crippen LogP contribution is 2.31. The molecule has 0 bridgehead atoms. The van der Waals surface area contributed by atoms with E-state index in [9.17, 15) is 10.2 Å². The van der Waals surface area contributed by atoms with Crippen molar-refractivity contribution in [2.75, 3.05) is 18.0 Å². The largest absolute Gasteiger partial charge is 0.392 e. The number of aliphatic hydroxyl groups is 2. The van der Waals surface area contributed by atoms with E-state index < -0.39 is 5.60 Å². The lowest BCUT2D eigenvalue weighted by Crippen LogP contribution is -2.28. The summed E-state index contributed by atoms with van der Waals surface area (Å²) in [5, 5.41) is 20.1. The highest BCUT2D eigenvalue weighted by molar-refractivity contribution is 6.31. The predicted octanol–water partition coefficient (Wildman–Crippen LogP) is 2.57. The first-order valence-corrected chi connectivity index (χ1v) is 6.77. The van der Waals surface area contributed by atoms with Crippen LogP contribution < -0.4 is 4.90 Å². The summed E-state index contributed by atoms with van der Waals surface area (Å²) < 4.78 is 0. The second-order valence-electron chi connectivity index (χ2n) is 5.23. The van der Waals surface area contributed by atoms with Crippen LogP contribution in [0.4, 0.5) is 5.69 Å². The van der Waals surface area contributed by atoms with Crippen LogP contribution in [0, 0.1) is 0 Å². The van der Waals surface area contributed by atoms with Crippen molar-refractivity contribution in [2.45, 2.75) is 38.4 Å². The van der Waals surface area contributed by atoms with Gasteiger partial charge in [0.25, 0.3) is 0 Å². The van der Waals surface area contributed by atoms with Crippen LogP contribution in [-0.2, 0) is 6.61 Å². The predicted molar refractivity (Wildman–Crippen MR) is 74.1 cm³/mol. The fraction of sp³-hybridized carbons (Fsp3) is 0.571. The van der Waals surface area contributed by atoms with Crippen LogP contribution in [0.1, 0.15) is 31.7 Å². The van der Waals surface area contributed by atoms with Crippen molar-refractivity contribution in [2.24, 2.45) is 0 Å². The molecular weight excluding hydrogens is 250 g/mol.